The predicted octanol–water partition coefficient (Wildman–Crippen LogP) is 5.03. The molecule has 41 heavy (non-hydrogen) atoms. The lowest BCUT2D eigenvalue weighted by atomic mass is 10.0. The van der Waals surface area contributed by atoms with Gasteiger partial charge in [0.25, 0.3) is 11.8 Å². The number of benzene rings is 2. The van der Waals surface area contributed by atoms with Crippen LogP contribution in [0.2, 0.25) is 0 Å². The van der Waals surface area contributed by atoms with Gasteiger partial charge in [0, 0.05) is 58.6 Å². The van der Waals surface area contributed by atoms with Crippen LogP contribution >= 0.6 is 0 Å². The van der Waals surface area contributed by atoms with Gasteiger partial charge in [0.05, 0.1) is 11.3 Å². The average Bonchev–Trinajstić information content (AvgIpc) is 3.36. The molecule has 0 saturated heterocycles. The van der Waals surface area contributed by atoms with E-state index >= 15 is 0 Å². The number of H-pyrrole nitrogens is 2. The second kappa shape index (κ2) is 10.7. The minimum absolute atomic E-state index is 0.00729. The van der Waals surface area contributed by atoms with Crippen LogP contribution in [-0.2, 0) is 16.0 Å². The zero-order valence-corrected chi connectivity index (χ0v) is 21.9. The van der Waals surface area contributed by atoms with Crippen molar-refractivity contribution in [3.63, 3.8) is 0 Å². The Morgan fingerprint density at radius 3 is 2.49 bits per heavy atom. The number of hydrogen-bond donors (Lipinski definition) is 5. The van der Waals surface area contributed by atoms with Crippen LogP contribution in [-0.4, -0.2) is 32.9 Å². The highest BCUT2D eigenvalue weighted by atomic mass is 19.1. The largest absolute Gasteiger partial charge is 0.481 e. The van der Waals surface area contributed by atoms with Gasteiger partial charge in [0.1, 0.15) is 17.2 Å². The number of anilines is 2. The number of halogens is 2. The second-order valence-corrected chi connectivity index (χ2v) is 9.62. The van der Waals surface area contributed by atoms with Crippen molar-refractivity contribution in [2.24, 2.45) is 0 Å². The number of carboxylic acids is 1. The highest BCUT2D eigenvalue weighted by Gasteiger charge is 2.26. The molecule has 208 valence electrons. The molecule has 0 fully saturated rings. The quantitative estimate of drug-likeness (QED) is 0.202. The number of aliphatic carboxylic acids is 1. The van der Waals surface area contributed by atoms with Crippen molar-refractivity contribution < 1.29 is 28.3 Å². The maximum atomic E-state index is 14.3. The Balaban J connectivity index is 1.40. The van der Waals surface area contributed by atoms with Crippen LogP contribution in [0.5, 0.6) is 0 Å². The number of carbonyl (C=O) groups is 3. The van der Waals surface area contributed by atoms with Gasteiger partial charge in [-0.2, -0.15) is 0 Å². The number of carboxylic acid groups (broad SMARTS) is 1. The van der Waals surface area contributed by atoms with Gasteiger partial charge in [-0.15, -0.1) is 0 Å². The molecule has 1 aliphatic rings. The maximum absolute atomic E-state index is 14.3. The Hall–Kier alpha value is -5.32. The minimum Gasteiger partial charge on any atom is -0.481 e. The van der Waals surface area contributed by atoms with Crippen molar-refractivity contribution in [3.05, 3.63) is 104 Å². The summed E-state index contributed by atoms with van der Waals surface area (Å²) < 4.78 is 27.6. The fraction of sp³-hybridized carbons (Fsp3) is 0.133. The Labute approximate surface area is 231 Å². The first-order valence-electron chi connectivity index (χ1n) is 12.6. The Morgan fingerprint density at radius 2 is 1.76 bits per heavy atom. The molecule has 0 unspecified atom stereocenters. The van der Waals surface area contributed by atoms with E-state index in [-0.39, 0.29) is 29.0 Å². The second-order valence-electron chi connectivity index (χ2n) is 9.62. The monoisotopic (exact) mass is 558 g/mol. The number of pyridine rings is 1. The molecule has 4 aromatic rings. The van der Waals surface area contributed by atoms with Crippen LogP contribution in [0.1, 0.15) is 44.9 Å². The summed E-state index contributed by atoms with van der Waals surface area (Å²) in [6.45, 7) is 3.71. The number of nitrogens with one attached hydrogen (secondary N) is 4. The highest BCUT2D eigenvalue weighted by Crippen LogP contribution is 2.36. The number of fused-ring (bicyclic) bond motifs is 1. The molecule has 11 heteroatoms. The normalized spacial score (nSPS) is 13.3. The van der Waals surface area contributed by atoms with E-state index in [0.29, 0.717) is 40.7 Å². The molecule has 2 amide bonds. The molecule has 0 saturated carbocycles. The number of aryl methyl sites for hydroxylation is 1. The molecule has 5 rings (SSSR count). The van der Waals surface area contributed by atoms with E-state index < -0.39 is 28.9 Å². The molecule has 0 aliphatic carbocycles. The topological polar surface area (TPSA) is 144 Å². The van der Waals surface area contributed by atoms with Crippen molar-refractivity contribution in [1.82, 2.24) is 9.97 Å². The summed E-state index contributed by atoms with van der Waals surface area (Å²) in [7, 11) is 0. The Kier molecular flexibility index (Phi) is 7.10. The van der Waals surface area contributed by atoms with Crippen LogP contribution in [0.15, 0.2) is 53.6 Å². The summed E-state index contributed by atoms with van der Waals surface area (Å²) in [5.74, 6) is -3.74. The number of aromatic amines is 2. The highest BCUT2D eigenvalue weighted by molar-refractivity contribution is 6.35. The van der Waals surface area contributed by atoms with E-state index in [2.05, 4.69) is 20.6 Å². The van der Waals surface area contributed by atoms with E-state index in [1.165, 1.54) is 12.4 Å². The molecule has 9 nitrogen and oxygen atoms in total. The average molecular weight is 559 g/mol. The van der Waals surface area contributed by atoms with Crippen molar-refractivity contribution in [1.29, 1.82) is 0 Å². The summed E-state index contributed by atoms with van der Waals surface area (Å²) in [4.78, 5) is 55.6. The first-order valence-corrected chi connectivity index (χ1v) is 12.6. The molecular weight excluding hydrogens is 534 g/mol. The Bertz CT molecular complexity index is 1840. The molecule has 0 atom stereocenters. The lowest BCUT2D eigenvalue weighted by Crippen LogP contribution is -2.23. The summed E-state index contributed by atoms with van der Waals surface area (Å²) in [5.41, 5.74) is 3.68. The predicted molar refractivity (Wildman–Crippen MR) is 150 cm³/mol. The lowest BCUT2D eigenvalue weighted by molar-refractivity contribution is -0.137. The van der Waals surface area contributed by atoms with Crippen LogP contribution in [0.4, 0.5) is 20.2 Å². The van der Waals surface area contributed by atoms with Gasteiger partial charge in [-0.05, 0) is 61.7 Å². The van der Waals surface area contributed by atoms with E-state index in [1.807, 2.05) is 13.8 Å². The summed E-state index contributed by atoms with van der Waals surface area (Å²) >= 11 is 0. The third-order valence-corrected chi connectivity index (χ3v) is 6.98. The molecule has 5 N–H and O–H groups in total. The van der Waals surface area contributed by atoms with Gasteiger partial charge in [0.2, 0.25) is 5.43 Å². The summed E-state index contributed by atoms with van der Waals surface area (Å²) in [5, 5.41) is 14.4. The standard InChI is InChI=1S/C30H24F2N4O5/c1-14-18(7-8-27(37)38)15(2)34-25(14)11-21-20-6-4-17(10-26(20)36-29(21)40)35-30(41)23-13-33-12-22(28(23)39)19-5-3-16(31)9-24(19)32/h3-6,9-13,34H,7-8H2,1-2H3,(H,33,39)(H,35,41)(H,36,40)(H,37,38). The number of rotatable bonds is 7. The molecular formula is C30H24F2N4O5. The van der Waals surface area contributed by atoms with Gasteiger partial charge in [-0.3, -0.25) is 19.2 Å². The van der Waals surface area contributed by atoms with E-state index in [4.69, 9.17) is 5.11 Å². The summed E-state index contributed by atoms with van der Waals surface area (Å²) in [6.07, 6.45) is 4.47. The van der Waals surface area contributed by atoms with Gasteiger partial charge >= 0.3 is 5.97 Å². The molecule has 1 aliphatic heterocycles. The smallest absolute Gasteiger partial charge is 0.303 e. The number of aromatic nitrogens is 2. The van der Waals surface area contributed by atoms with E-state index in [1.54, 1.807) is 24.3 Å². The maximum Gasteiger partial charge on any atom is 0.303 e. The van der Waals surface area contributed by atoms with Crippen molar-refractivity contribution in [3.8, 4) is 11.1 Å². The molecule has 2 aromatic heterocycles. The fourth-order valence-electron chi connectivity index (χ4n) is 4.89. The van der Waals surface area contributed by atoms with E-state index in [0.717, 1.165) is 29.0 Å². The SMILES string of the molecule is Cc1[nH]c(C=C2C(=O)Nc3cc(NC(=O)c4c[nH]cc(-c5ccc(F)cc5F)c4=O)ccc32)c(C)c1CCC(=O)O. The van der Waals surface area contributed by atoms with Crippen LogP contribution in [0.3, 0.4) is 0 Å². The third-order valence-electron chi connectivity index (χ3n) is 6.98. The zero-order valence-electron chi connectivity index (χ0n) is 21.9. The summed E-state index contributed by atoms with van der Waals surface area (Å²) in [6, 6.07) is 7.57. The molecule has 3 heterocycles. The lowest BCUT2D eigenvalue weighted by Gasteiger charge is -2.09. The molecule has 2 aromatic carbocycles. The third kappa shape index (κ3) is 5.29. The fourth-order valence-corrected chi connectivity index (χ4v) is 4.89. The van der Waals surface area contributed by atoms with Gasteiger partial charge in [-0.1, -0.05) is 6.07 Å². The van der Waals surface area contributed by atoms with Crippen molar-refractivity contribution >= 4 is 40.8 Å². The van der Waals surface area contributed by atoms with Crippen molar-refractivity contribution in [2.75, 3.05) is 10.6 Å². The first-order chi connectivity index (χ1) is 19.5. The van der Waals surface area contributed by atoms with Crippen LogP contribution in [0, 0.1) is 25.5 Å². The number of carbonyl (C=O) groups excluding carboxylic acids is 2. The molecule has 0 bridgehead atoms. The zero-order chi connectivity index (χ0) is 29.4. The van der Waals surface area contributed by atoms with Crippen molar-refractivity contribution in [2.45, 2.75) is 26.7 Å². The van der Waals surface area contributed by atoms with Gasteiger partial charge < -0.3 is 25.7 Å². The first kappa shape index (κ1) is 27.3. The Morgan fingerprint density at radius 1 is 1.00 bits per heavy atom. The molecule has 0 spiro atoms. The molecule has 0 radical (unpaired) electrons. The van der Waals surface area contributed by atoms with Gasteiger partial charge in [-0.25, -0.2) is 8.78 Å². The van der Waals surface area contributed by atoms with E-state index in [9.17, 15) is 28.0 Å². The minimum atomic E-state index is -0.938. The number of amides is 2. The van der Waals surface area contributed by atoms with Crippen LogP contribution in [0.25, 0.3) is 22.8 Å². The number of hydrogen-bond acceptors (Lipinski definition) is 4. The van der Waals surface area contributed by atoms with Crippen LogP contribution < -0.4 is 16.1 Å². The van der Waals surface area contributed by atoms with Gasteiger partial charge in [0.15, 0.2) is 0 Å².